The van der Waals surface area contributed by atoms with Crippen LogP contribution in [0.1, 0.15) is 63.6 Å². The zero-order valence-corrected chi connectivity index (χ0v) is 23.4. The zero-order valence-electron chi connectivity index (χ0n) is 22.6. The van der Waals surface area contributed by atoms with E-state index in [2.05, 4.69) is 5.32 Å². The normalized spacial score (nSPS) is 18.1. The van der Waals surface area contributed by atoms with Crippen molar-refractivity contribution in [3.8, 4) is 0 Å². The van der Waals surface area contributed by atoms with E-state index in [1.807, 2.05) is 60.0 Å². The molecule has 7 nitrogen and oxygen atoms in total. The largest absolute Gasteiger partial charge is 0.444 e. The first kappa shape index (κ1) is 27.4. The van der Waals surface area contributed by atoms with Crippen LogP contribution >= 0.6 is 11.3 Å². The predicted octanol–water partition coefficient (Wildman–Crippen LogP) is 6.78. The van der Waals surface area contributed by atoms with Gasteiger partial charge in [-0.2, -0.15) is 0 Å². The fraction of sp³-hybridized carbons (Fsp3) is 0.367. The van der Waals surface area contributed by atoms with Crippen molar-refractivity contribution < 1.29 is 23.9 Å². The van der Waals surface area contributed by atoms with Gasteiger partial charge in [0.05, 0.1) is 11.7 Å². The Labute approximate surface area is 227 Å². The predicted molar refractivity (Wildman–Crippen MR) is 148 cm³/mol. The average molecular weight is 535 g/mol. The van der Waals surface area contributed by atoms with E-state index in [0.29, 0.717) is 16.8 Å². The summed E-state index contributed by atoms with van der Waals surface area (Å²) in [6.07, 6.45) is -1.15. The highest BCUT2D eigenvalue weighted by Crippen LogP contribution is 2.51. The molecule has 200 valence electrons. The summed E-state index contributed by atoms with van der Waals surface area (Å²) in [6.45, 7) is 10.6. The third-order valence-corrected chi connectivity index (χ3v) is 6.98. The lowest BCUT2D eigenvalue weighted by Gasteiger charge is -2.37. The topological polar surface area (TPSA) is 84.9 Å². The minimum absolute atomic E-state index is 0.259. The number of thiophene rings is 1. The summed E-state index contributed by atoms with van der Waals surface area (Å²) < 4.78 is 11.3. The van der Waals surface area contributed by atoms with Crippen molar-refractivity contribution in [2.24, 2.45) is 0 Å². The van der Waals surface area contributed by atoms with Gasteiger partial charge in [-0.3, -0.25) is 4.79 Å². The van der Waals surface area contributed by atoms with Gasteiger partial charge in [-0.1, -0.05) is 54.6 Å². The number of rotatable bonds is 5. The van der Waals surface area contributed by atoms with Gasteiger partial charge in [0.25, 0.3) is 0 Å². The van der Waals surface area contributed by atoms with E-state index in [1.165, 1.54) is 11.3 Å². The Morgan fingerprint density at radius 2 is 1.53 bits per heavy atom. The highest BCUT2D eigenvalue weighted by Gasteiger charge is 2.59. The highest BCUT2D eigenvalue weighted by molar-refractivity contribution is 7.09. The maximum atomic E-state index is 14.7. The van der Waals surface area contributed by atoms with Gasteiger partial charge in [0.1, 0.15) is 16.6 Å². The molecule has 1 N–H and O–H groups in total. The minimum Gasteiger partial charge on any atom is -0.444 e. The number of carbonyl (C=O) groups is 3. The van der Waals surface area contributed by atoms with Crippen LogP contribution in [0.5, 0.6) is 0 Å². The van der Waals surface area contributed by atoms with Crippen molar-refractivity contribution in [1.29, 1.82) is 0 Å². The fourth-order valence-electron chi connectivity index (χ4n) is 4.76. The highest BCUT2D eigenvalue weighted by atomic mass is 32.1. The molecule has 8 heteroatoms. The molecule has 2 aromatic carbocycles. The van der Waals surface area contributed by atoms with Crippen LogP contribution in [0.4, 0.5) is 15.3 Å². The molecule has 0 fully saturated rings. The molecule has 3 amide bonds. The summed E-state index contributed by atoms with van der Waals surface area (Å²) in [5.41, 5.74) is -1.12. The Balaban J connectivity index is 1.94. The number of benzene rings is 2. The fourth-order valence-corrected chi connectivity index (χ4v) is 5.56. The van der Waals surface area contributed by atoms with E-state index in [9.17, 15) is 14.4 Å². The van der Waals surface area contributed by atoms with E-state index in [-0.39, 0.29) is 6.42 Å². The number of carbonyl (C=O) groups excluding carboxylic acids is 3. The molecule has 4 rings (SSSR count). The average Bonchev–Trinajstić information content (AvgIpc) is 3.41. The number of hydrogen-bond acceptors (Lipinski definition) is 6. The van der Waals surface area contributed by atoms with Crippen molar-refractivity contribution >= 4 is 35.1 Å². The third-order valence-electron chi connectivity index (χ3n) is 6.11. The Bertz CT molecular complexity index is 1310. The van der Waals surface area contributed by atoms with Gasteiger partial charge in [0.15, 0.2) is 0 Å². The molecular formula is C30H34N2O5S. The summed E-state index contributed by atoms with van der Waals surface area (Å²) in [5, 5.41) is 4.95. The molecular weight excluding hydrogens is 500 g/mol. The van der Waals surface area contributed by atoms with Crippen molar-refractivity contribution in [1.82, 2.24) is 5.32 Å². The van der Waals surface area contributed by atoms with E-state index in [1.54, 1.807) is 53.7 Å². The smallest absolute Gasteiger partial charge is 0.421 e. The number of nitrogens with zero attached hydrogens (tertiary/aromatic N) is 1. The number of imide groups is 1. The lowest BCUT2D eigenvalue weighted by molar-refractivity contribution is -0.124. The van der Waals surface area contributed by atoms with Crippen molar-refractivity contribution in [3.05, 3.63) is 88.1 Å². The summed E-state index contributed by atoms with van der Waals surface area (Å²) in [7, 11) is 0. The first-order valence-corrected chi connectivity index (χ1v) is 13.4. The number of hydrogen-bond donors (Lipinski definition) is 1. The van der Waals surface area contributed by atoms with Crippen LogP contribution in [0, 0.1) is 0 Å². The number of alkyl carbamates (subject to hydrolysis) is 1. The molecule has 0 spiro atoms. The quantitative estimate of drug-likeness (QED) is 0.390. The van der Waals surface area contributed by atoms with Gasteiger partial charge < -0.3 is 14.8 Å². The van der Waals surface area contributed by atoms with Crippen LogP contribution in [-0.2, 0) is 26.1 Å². The second-order valence-corrected chi connectivity index (χ2v) is 12.4. The second-order valence-electron chi connectivity index (χ2n) is 11.4. The van der Waals surface area contributed by atoms with Crippen LogP contribution in [0.25, 0.3) is 0 Å². The lowest BCUT2D eigenvalue weighted by atomic mass is 9.69. The Hall–Kier alpha value is -3.65. The van der Waals surface area contributed by atoms with Crippen molar-refractivity contribution in [3.63, 3.8) is 0 Å². The molecule has 0 saturated heterocycles. The molecule has 1 aliphatic rings. The van der Waals surface area contributed by atoms with Crippen molar-refractivity contribution in [2.75, 3.05) is 4.90 Å². The Morgan fingerprint density at radius 3 is 2.13 bits per heavy atom. The van der Waals surface area contributed by atoms with Crippen molar-refractivity contribution in [2.45, 2.75) is 70.6 Å². The van der Waals surface area contributed by atoms with Crippen LogP contribution in [0.3, 0.4) is 0 Å². The lowest BCUT2D eigenvalue weighted by Crippen LogP contribution is -2.54. The Morgan fingerprint density at radius 1 is 0.895 bits per heavy atom. The zero-order chi connectivity index (χ0) is 27.7. The maximum absolute atomic E-state index is 14.7. The number of fused-ring (bicyclic) bond motifs is 1. The standard InChI is InChI=1S/C30H34N2O5S/c1-28(2,3)36-26(34)31-24(20-13-8-7-9-14-20)30(19-21-15-12-18-38-21)22-16-10-11-17-23(22)32(25(30)33)27(35)37-29(4,5)6/h7-18,24H,19H2,1-6H3,(H,31,34)/t24-,30+/m1/s1. The van der Waals surface area contributed by atoms with E-state index < -0.39 is 40.8 Å². The number of ether oxygens (including phenoxy) is 2. The van der Waals surface area contributed by atoms with Gasteiger partial charge >= 0.3 is 12.2 Å². The van der Waals surface area contributed by atoms with Gasteiger partial charge in [-0.15, -0.1) is 11.3 Å². The first-order chi connectivity index (χ1) is 17.8. The molecule has 0 bridgehead atoms. The minimum atomic E-state index is -1.35. The molecule has 0 saturated carbocycles. The molecule has 1 aliphatic heterocycles. The van der Waals surface area contributed by atoms with Gasteiger partial charge in [0.2, 0.25) is 5.91 Å². The first-order valence-electron chi connectivity index (χ1n) is 12.6. The van der Waals surface area contributed by atoms with E-state index in [4.69, 9.17) is 9.47 Å². The van der Waals surface area contributed by atoms with E-state index >= 15 is 0 Å². The maximum Gasteiger partial charge on any atom is 0.421 e. The SMILES string of the molecule is CC(C)(C)OC(=O)N[C@H](c1ccccc1)[C@@]1(Cc2cccs2)C(=O)N(C(=O)OC(C)(C)C)c2ccccc21. The molecule has 3 aromatic rings. The number of nitrogens with one attached hydrogen (secondary N) is 1. The van der Waals surface area contributed by atoms with Crippen LogP contribution in [-0.4, -0.2) is 29.3 Å². The van der Waals surface area contributed by atoms with Gasteiger partial charge in [-0.05, 0) is 70.2 Å². The number of amides is 3. The van der Waals surface area contributed by atoms with Crippen LogP contribution < -0.4 is 10.2 Å². The number of para-hydroxylation sites is 1. The van der Waals surface area contributed by atoms with E-state index in [0.717, 1.165) is 9.78 Å². The monoisotopic (exact) mass is 534 g/mol. The third kappa shape index (κ3) is 5.60. The second kappa shape index (κ2) is 10.3. The molecule has 0 unspecified atom stereocenters. The van der Waals surface area contributed by atoms with Gasteiger partial charge in [0, 0.05) is 11.3 Å². The molecule has 2 atom stereocenters. The molecule has 38 heavy (non-hydrogen) atoms. The summed E-state index contributed by atoms with van der Waals surface area (Å²) in [4.78, 5) is 43.4. The Kier molecular flexibility index (Phi) is 7.39. The molecule has 0 aliphatic carbocycles. The van der Waals surface area contributed by atoms with Crippen LogP contribution in [0.2, 0.25) is 0 Å². The molecule has 2 heterocycles. The molecule has 1 aromatic heterocycles. The number of anilines is 1. The summed E-state index contributed by atoms with van der Waals surface area (Å²) >= 11 is 1.52. The van der Waals surface area contributed by atoms with Crippen LogP contribution in [0.15, 0.2) is 72.1 Å². The van der Waals surface area contributed by atoms with Gasteiger partial charge in [-0.25, -0.2) is 14.5 Å². The summed E-state index contributed by atoms with van der Waals surface area (Å²) in [5.74, 6) is -0.466. The molecule has 0 radical (unpaired) electrons. The summed E-state index contributed by atoms with van der Waals surface area (Å²) in [6, 6.07) is 19.5.